The maximum Gasteiger partial charge on any atom is 0.230 e. The van der Waals surface area contributed by atoms with E-state index in [0.717, 1.165) is 11.1 Å². The Bertz CT molecular complexity index is 1090. The average molecular weight is 533 g/mol. The first-order valence-corrected chi connectivity index (χ1v) is 13.7. The lowest BCUT2D eigenvalue weighted by atomic mass is 9.93. The highest BCUT2D eigenvalue weighted by Crippen LogP contribution is 2.30. The van der Waals surface area contributed by atoms with E-state index in [2.05, 4.69) is 4.90 Å². The Balaban J connectivity index is 1.73. The van der Waals surface area contributed by atoms with Crippen LogP contribution in [-0.2, 0) is 21.4 Å². The molecule has 6 nitrogen and oxygen atoms in total. The molecule has 10 heteroatoms. The van der Waals surface area contributed by atoms with E-state index >= 15 is 0 Å². The van der Waals surface area contributed by atoms with Gasteiger partial charge in [-0.3, -0.25) is 4.79 Å². The van der Waals surface area contributed by atoms with E-state index in [4.69, 9.17) is 34.8 Å². The third-order valence-electron chi connectivity index (χ3n) is 5.92. The van der Waals surface area contributed by atoms with Crippen molar-refractivity contribution in [2.75, 3.05) is 46.0 Å². The van der Waals surface area contributed by atoms with Crippen molar-refractivity contribution in [3.8, 4) is 0 Å². The van der Waals surface area contributed by atoms with E-state index in [9.17, 15) is 13.2 Å². The highest BCUT2D eigenvalue weighted by molar-refractivity contribution is 7.88. The molecular weight excluding hydrogens is 505 g/mol. The average Bonchev–Trinajstić information content (AvgIpc) is 2.77. The number of hydrogen-bond donors (Lipinski definition) is 0. The zero-order valence-electron chi connectivity index (χ0n) is 18.7. The summed E-state index contributed by atoms with van der Waals surface area (Å²) in [6, 6.07) is 12.8. The van der Waals surface area contributed by atoms with Gasteiger partial charge in [0.2, 0.25) is 15.9 Å². The monoisotopic (exact) mass is 531 g/mol. The summed E-state index contributed by atoms with van der Waals surface area (Å²) in [5.41, 5.74) is 1.68. The summed E-state index contributed by atoms with van der Waals surface area (Å²) >= 11 is 18.6. The van der Waals surface area contributed by atoms with Crippen molar-refractivity contribution < 1.29 is 13.2 Å². The van der Waals surface area contributed by atoms with Crippen LogP contribution in [0.25, 0.3) is 0 Å². The summed E-state index contributed by atoms with van der Waals surface area (Å²) in [4.78, 5) is 17.4. The van der Waals surface area contributed by atoms with Crippen molar-refractivity contribution >= 4 is 50.7 Å². The quantitative estimate of drug-likeness (QED) is 0.507. The SMILES string of the molecule is CN(Cc1ccccc1Cl)C(=O)C(CCN1CCN(S(C)(=O)=O)CC1)c1ccc(Cl)c(Cl)c1. The molecule has 1 unspecified atom stereocenters. The minimum Gasteiger partial charge on any atom is -0.341 e. The maximum atomic E-state index is 13.5. The molecule has 1 fully saturated rings. The summed E-state index contributed by atoms with van der Waals surface area (Å²) in [6.45, 7) is 3.22. The van der Waals surface area contributed by atoms with Crippen LogP contribution in [0.4, 0.5) is 0 Å². The third kappa shape index (κ3) is 7.07. The molecule has 0 radical (unpaired) electrons. The topological polar surface area (TPSA) is 60.9 Å². The molecule has 0 saturated carbocycles. The van der Waals surface area contributed by atoms with Crippen LogP contribution in [0.1, 0.15) is 23.5 Å². The van der Waals surface area contributed by atoms with Crippen LogP contribution in [0.3, 0.4) is 0 Å². The summed E-state index contributed by atoms with van der Waals surface area (Å²) in [5, 5.41) is 1.46. The first-order chi connectivity index (χ1) is 15.6. The van der Waals surface area contributed by atoms with Gasteiger partial charge < -0.3 is 9.80 Å². The van der Waals surface area contributed by atoms with Crippen LogP contribution in [0.5, 0.6) is 0 Å². The molecule has 1 amide bonds. The fraction of sp³-hybridized carbons (Fsp3) is 0.435. The van der Waals surface area contributed by atoms with Gasteiger partial charge in [0.05, 0.1) is 22.2 Å². The predicted octanol–water partition coefficient (Wildman–Crippen LogP) is 4.36. The summed E-state index contributed by atoms with van der Waals surface area (Å²) in [5.74, 6) is -0.455. The summed E-state index contributed by atoms with van der Waals surface area (Å²) < 4.78 is 25.0. The molecule has 1 aliphatic heterocycles. The first-order valence-electron chi connectivity index (χ1n) is 10.7. The first kappa shape index (κ1) is 26.3. The number of amides is 1. The molecule has 1 aliphatic rings. The number of halogens is 3. The Kier molecular flexibility index (Phi) is 9.06. The zero-order chi connectivity index (χ0) is 24.2. The number of carbonyl (C=O) groups is 1. The molecule has 0 aliphatic carbocycles. The smallest absolute Gasteiger partial charge is 0.230 e. The van der Waals surface area contributed by atoms with Crippen molar-refractivity contribution in [3.05, 3.63) is 68.7 Å². The van der Waals surface area contributed by atoms with E-state index in [1.54, 1.807) is 24.1 Å². The van der Waals surface area contributed by atoms with Crippen LogP contribution in [0, 0.1) is 0 Å². The van der Waals surface area contributed by atoms with Gasteiger partial charge in [-0.25, -0.2) is 8.42 Å². The van der Waals surface area contributed by atoms with Gasteiger partial charge in [-0.2, -0.15) is 4.31 Å². The molecule has 3 rings (SSSR count). The van der Waals surface area contributed by atoms with E-state index in [0.29, 0.717) is 60.8 Å². The normalized spacial score (nSPS) is 16.5. The van der Waals surface area contributed by atoms with Gasteiger partial charge in [0.15, 0.2) is 0 Å². The lowest BCUT2D eigenvalue weighted by Crippen LogP contribution is -2.48. The van der Waals surface area contributed by atoms with Crippen molar-refractivity contribution in [1.82, 2.24) is 14.1 Å². The fourth-order valence-corrected chi connectivity index (χ4v) is 5.31. The number of rotatable bonds is 8. The predicted molar refractivity (Wildman–Crippen MR) is 135 cm³/mol. The molecule has 0 bridgehead atoms. The summed E-state index contributed by atoms with van der Waals surface area (Å²) in [6.07, 6.45) is 1.80. The Hall–Kier alpha value is -1.35. The standard InChI is InChI=1S/C23H28Cl3N3O3S/c1-27(16-18-5-3-4-6-20(18)24)23(30)19(17-7-8-21(25)22(26)15-17)9-10-28-11-13-29(14-12-28)33(2,31)32/h3-8,15,19H,9-14,16H2,1-2H3. The number of likely N-dealkylation sites (N-methyl/N-ethyl adjacent to an activating group) is 1. The molecule has 0 aromatic heterocycles. The van der Waals surface area contributed by atoms with Gasteiger partial charge in [0.1, 0.15) is 0 Å². The second-order valence-electron chi connectivity index (χ2n) is 8.30. The second-order valence-corrected chi connectivity index (χ2v) is 11.5. The molecule has 1 atom stereocenters. The maximum absolute atomic E-state index is 13.5. The van der Waals surface area contributed by atoms with Gasteiger partial charge in [0, 0.05) is 44.8 Å². The molecule has 1 saturated heterocycles. The van der Waals surface area contributed by atoms with Gasteiger partial charge in [-0.15, -0.1) is 0 Å². The molecule has 2 aromatic rings. The van der Waals surface area contributed by atoms with Crippen molar-refractivity contribution in [1.29, 1.82) is 0 Å². The highest BCUT2D eigenvalue weighted by Gasteiger charge is 2.28. The minimum absolute atomic E-state index is 0.0388. The number of carbonyl (C=O) groups excluding carboxylic acids is 1. The molecule has 2 aromatic carbocycles. The number of hydrogen-bond acceptors (Lipinski definition) is 4. The largest absolute Gasteiger partial charge is 0.341 e. The van der Waals surface area contributed by atoms with E-state index in [1.807, 2.05) is 30.3 Å². The van der Waals surface area contributed by atoms with Crippen molar-refractivity contribution in [2.24, 2.45) is 0 Å². The number of benzene rings is 2. The van der Waals surface area contributed by atoms with Gasteiger partial charge >= 0.3 is 0 Å². The Morgan fingerprint density at radius 3 is 2.27 bits per heavy atom. The van der Waals surface area contributed by atoms with Gasteiger partial charge in [-0.05, 0) is 42.3 Å². The van der Waals surface area contributed by atoms with E-state index in [-0.39, 0.29) is 5.91 Å². The van der Waals surface area contributed by atoms with Gasteiger partial charge in [-0.1, -0.05) is 59.1 Å². The van der Waals surface area contributed by atoms with E-state index < -0.39 is 15.9 Å². The third-order valence-corrected chi connectivity index (χ3v) is 8.33. The zero-order valence-corrected chi connectivity index (χ0v) is 21.8. The Morgan fingerprint density at radius 2 is 1.67 bits per heavy atom. The Labute approximate surface area is 211 Å². The number of piperazine rings is 1. The van der Waals surface area contributed by atoms with Crippen LogP contribution in [0.2, 0.25) is 15.1 Å². The number of nitrogens with zero attached hydrogens (tertiary/aromatic N) is 3. The molecule has 0 spiro atoms. The molecule has 0 N–H and O–H groups in total. The van der Waals surface area contributed by atoms with Crippen LogP contribution in [-0.4, -0.2) is 74.5 Å². The number of sulfonamides is 1. The van der Waals surface area contributed by atoms with Gasteiger partial charge in [0.25, 0.3) is 0 Å². The van der Waals surface area contributed by atoms with E-state index in [1.165, 1.54) is 10.6 Å². The van der Waals surface area contributed by atoms with Crippen molar-refractivity contribution in [3.63, 3.8) is 0 Å². The minimum atomic E-state index is -3.18. The highest BCUT2D eigenvalue weighted by atomic mass is 35.5. The lowest BCUT2D eigenvalue weighted by molar-refractivity contribution is -0.132. The molecule has 1 heterocycles. The molecular formula is C23H28Cl3N3O3S. The molecule has 180 valence electrons. The lowest BCUT2D eigenvalue weighted by Gasteiger charge is -2.34. The van der Waals surface area contributed by atoms with Crippen LogP contribution in [0.15, 0.2) is 42.5 Å². The van der Waals surface area contributed by atoms with Crippen LogP contribution >= 0.6 is 34.8 Å². The summed E-state index contributed by atoms with van der Waals surface area (Å²) in [7, 11) is -1.42. The van der Waals surface area contributed by atoms with Crippen LogP contribution < -0.4 is 0 Å². The fourth-order valence-electron chi connectivity index (χ4n) is 3.98. The Morgan fingerprint density at radius 1 is 1.00 bits per heavy atom. The molecule has 33 heavy (non-hydrogen) atoms. The van der Waals surface area contributed by atoms with Crippen molar-refractivity contribution in [2.45, 2.75) is 18.9 Å². The second kappa shape index (κ2) is 11.4.